The van der Waals surface area contributed by atoms with Crippen LogP contribution in [0.5, 0.6) is 5.75 Å². The van der Waals surface area contributed by atoms with Gasteiger partial charge in [-0.15, -0.1) is 0 Å². The molecule has 6 heteroatoms. The number of hydrogen-bond acceptors (Lipinski definition) is 2. The molecule has 0 atom stereocenters. The fourth-order valence-electron chi connectivity index (χ4n) is 1.03. The third kappa shape index (κ3) is 4.07. The SMILES string of the molecule is O=C(O)CC#Cc1c(F)cccc1OC(F)F. The summed E-state index contributed by atoms with van der Waals surface area (Å²) < 4.78 is 41.3. The summed E-state index contributed by atoms with van der Waals surface area (Å²) in [5.41, 5.74) is -0.381. The van der Waals surface area contributed by atoms with Crippen LogP contribution in [-0.4, -0.2) is 17.7 Å². The van der Waals surface area contributed by atoms with Crippen molar-refractivity contribution in [2.24, 2.45) is 0 Å². The number of aliphatic carboxylic acids is 1. The van der Waals surface area contributed by atoms with E-state index in [1.165, 1.54) is 6.07 Å². The van der Waals surface area contributed by atoms with E-state index in [1.807, 2.05) is 0 Å². The van der Waals surface area contributed by atoms with Crippen LogP contribution in [0, 0.1) is 17.7 Å². The lowest BCUT2D eigenvalue weighted by Gasteiger charge is -2.06. The van der Waals surface area contributed by atoms with E-state index >= 15 is 0 Å². The molecule has 0 aliphatic rings. The van der Waals surface area contributed by atoms with Gasteiger partial charge < -0.3 is 9.84 Å². The van der Waals surface area contributed by atoms with E-state index in [1.54, 1.807) is 0 Å². The van der Waals surface area contributed by atoms with Crippen molar-refractivity contribution in [1.82, 2.24) is 0 Å². The normalized spacial score (nSPS) is 9.65. The second-order valence-electron chi connectivity index (χ2n) is 2.86. The van der Waals surface area contributed by atoms with Crippen molar-refractivity contribution in [3.63, 3.8) is 0 Å². The van der Waals surface area contributed by atoms with Crippen LogP contribution in [0.15, 0.2) is 18.2 Å². The Balaban J connectivity index is 3.01. The minimum Gasteiger partial charge on any atom is -0.481 e. The summed E-state index contributed by atoms with van der Waals surface area (Å²) in [7, 11) is 0. The smallest absolute Gasteiger partial charge is 0.387 e. The average molecular weight is 244 g/mol. The molecular formula is C11H7F3O3. The van der Waals surface area contributed by atoms with Gasteiger partial charge in [0, 0.05) is 0 Å². The van der Waals surface area contributed by atoms with Crippen LogP contribution in [0.4, 0.5) is 13.2 Å². The van der Waals surface area contributed by atoms with E-state index in [0.29, 0.717) is 0 Å². The summed E-state index contributed by atoms with van der Waals surface area (Å²) in [5.74, 6) is 1.84. The lowest BCUT2D eigenvalue weighted by atomic mass is 10.2. The van der Waals surface area contributed by atoms with Gasteiger partial charge in [-0.1, -0.05) is 17.9 Å². The molecule has 0 amide bonds. The molecular weight excluding hydrogens is 237 g/mol. The third-order valence-corrected chi connectivity index (χ3v) is 1.64. The highest BCUT2D eigenvalue weighted by Crippen LogP contribution is 2.22. The first kappa shape index (κ1) is 12.9. The van der Waals surface area contributed by atoms with Crippen LogP contribution < -0.4 is 4.74 Å². The molecule has 1 aromatic carbocycles. The van der Waals surface area contributed by atoms with Crippen molar-refractivity contribution in [2.45, 2.75) is 13.0 Å². The van der Waals surface area contributed by atoms with Crippen molar-refractivity contribution in [3.05, 3.63) is 29.6 Å². The lowest BCUT2D eigenvalue weighted by molar-refractivity contribution is -0.135. The molecule has 0 radical (unpaired) electrons. The summed E-state index contributed by atoms with van der Waals surface area (Å²) in [6.45, 7) is -3.10. The minimum absolute atomic E-state index is 0.381. The Morgan fingerprint density at radius 2 is 2.18 bits per heavy atom. The van der Waals surface area contributed by atoms with E-state index in [4.69, 9.17) is 5.11 Å². The first-order valence-corrected chi connectivity index (χ1v) is 4.44. The van der Waals surface area contributed by atoms with E-state index in [0.717, 1.165) is 12.1 Å². The number of carboxylic acids is 1. The number of carbonyl (C=O) groups is 1. The van der Waals surface area contributed by atoms with Gasteiger partial charge in [-0.2, -0.15) is 8.78 Å². The fraction of sp³-hybridized carbons (Fsp3) is 0.182. The van der Waals surface area contributed by atoms with Crippen LogP contribution in [0.25, 0.3) is 0 Å². The number of alkyl halides is 2. The second kappa shape index (κ2) is 5.80. The molecule has 0 bridgehead atoms. The van der Waals surface area contributed by atoms with Crippen LogP contribution in [-0.2, 0) is 4.79 Å². The molecule has 0 fully saturated rings. The van der Waals surface area contributed by atoms with Gasteiger partial charge in [0.05, 0.1) is 0 Å². The van der Waals surface area contributed by atoms with E-state index in [9.17, 15) is 18.0 Å². The zero-order chi connectivity index (χ0) is 12.8. The highest BCUT2D eigenvalue weighted by molar-refractivity contribution is 5.70. The predicted octanol–water partition coefficient (Wildman–Crippen LogP) is 2.25. The van der Waals surface area contributed by atoms with Gasteiger partial charge in [-0.3, -0.25) is 4.79 Å². The van der Waals surface area contributed by atoms with Gasteiger partial charge >= 0.3 is 12.6 Å². The highest BCUT2D eigenvalue weighted by Gasteiger charge is 2.11. The molecule has 3 nitrogen and oxygen atoms in total. The van der Waals surface area contributed by atoms with E-state index in [-0.39, 0.29) is 5.56 Å². The van der Waals surface area contributed by atoms with Crippen molar-refractivity contribution in [3.8, 4) is 17.6 Å². The molecule has 0 aliphatic carbocycles. The van der Waals surface area contributed by atoms with Gasteiger partial charge in [0.1, 0.15) is 23.6 Å². The Morgan fingerprint density at radius 1 is 1.47 bits per heavy atom. The van der Waals surface area contributed by atoms with Gasteiger partial charge in [0.25, 0.3) is 0 Å². The number of hydrogen-bond donors (Lipinski definition) is 1. The Labute approximate surface area is 94.8 Å². The predicted molar refractivity (Wildman–Crippen MR) is 52.2 cm³/mol. The average Bonchev–Trinajstić information content (AvgIpc) is 2.21. The van der Waals surface area contributed by atoms with Crippen LogP contribution >= 0.6 is 0 Å². The van der Waals surface area contributed by atoms with E-state index < -0.39 is 30.6 Å². The molecule has 90 valence electrons. The summed E-state index contributed by atoms with van der Waals surface area (Å²) in [6, 6.07) is 3.33. The standard InChI is InChI=1S/C11H7F3O3/c12-8-4-2-5-9(17-11(13)14)7(8)3-1-6-10(15)16/h2,4-5,11H,6H2,(H,15,16). The first-order valence-electron chi connectivity index (χ1n) is 4.44. The molecule has 0 saturated carbocycles. The van der Waals surface area contributed by atoms with Crippen LogP contribution in [0.2, 0.25) is 0 Å². The maximum Gasteiger partial charge on any atom is 0.387 e. The van der Waals surface area contributed by atoms with Gasteiger partial charge in [0.2, 0.25) is 0 Å². The molecule has 1 N–H and O–H groups in total. The summed E-state index contributed by atoms with van der Waals surface area (Å²) in [4.78, 5) is 10.2. The summed E-state index contributed by atoms with van der Waals surface area (Å²) in [6.07, 6.45) is -0.511. The molecule has 0 spiro atoms. The first-order chi connectivity index (χ1) is 8.00. The number of ether oxygens (including phenoxy) is 1. The largest absolute Gasteiger partial charge is 0.481 e. The van der Waals surface area contributed by atoms with Gasteiger partial charge in [-0.25, -0.2) is 4.39 Å². The van der Waals surface area contributed by atoms with Crippen molar-refractivity contribution >= 4 is 5.97 Å². The van der Waals surface area contributed by atoms with Gasteiger partial charge in [-0.05, 0) is 12.1 Å². The Morgan fingerprint density at radius 3 is 2.76 bits per heavy atom. The molecule has 0 unspecified atom stereocenters. The third-order valence-electron chi connectivity index (χ3n) is 1.64. The van der Waals surface area contributed by atoms with Gasteiger partial charge in [0.15, 0.2) is 0 Å². The van der Waals surface area contributed by atoms with Crippen molar-refractivity contribution in [1.29, 1.82) is 0 Å². The maximum absolute atomic E-state index is 13.3. The van der Waals surface area contributed by atoms with Crippen LogP contribution in [0.3, 0.4) is 0 Å². The zero-order valence-electron chi connectivity index (χ0n) is 8.41. The maximum atomic E-state index is 13.3. The van der Waals surface area contributed by atoms with E-state index in [2.05, 4.69) is 16.6 Å². The molecule has 0 saturated heterocycles. The second-order valence-corrected chi connectivity index (χ2v) is 2.86. The molecule has 0 aliphatic heterocycles. The Bertz CT molecular complexity index is 475. The summed E-state index contributed by atoms with van der Waals surface area (Å²) in [5, 5.41) is 8.33. The molecule has 1 rings (SSSR count). The lowest BCUT2D eigenvalue weighted by Crippen LogP contribution is -2.04. The number of benzene rings is 1. The minimum atomic E-state index is -3.10. The van der Waals surface area contributed by atoms with Crippen molar-refractivity contribution in [2.75, 3.05) is 0 Å². The summed E-state index contributed by atoms with van der Waals surface area (Å²) >= 11 is 0. The molecule has 0 aromatic heterocycles. The van der Waals surface area contributed by atoms with Crippen LogP contribution in [0.1, 0.15) is 12.0 Å². The monoisotopic (exact) mass is 244 g/mol. The number of rotatable bonds is 3. The molecule has 17 heavy (non-hydrogen) atoms. The molecule has 1 aromatic rings. The topological polar surface area (TPSA) is 46.5 Å². The van der Waals surface area contributed by atoms with Crippen molar-refractivity contribution < 1.29 is 27.8 Å². The quantitative estimate of drug-likeness (QED) is 0.829. The highest BCUT2D eigenvalue weighted by atomic mass is 19.3. The zero-order valence-corrected chi connectivity index (χ0v) is 8.41. The fourth-order valence-corrected chi connectivity index (χ4v) is 1.03. The Hall–Kier alpha value is -2.16. The Kier molecular flexibility index (Phi) is 4.40. The molecule has 0 heterocycles. The number of halogens is 3. The number of carboxylic acid groups (broad SMARTS) is 1.